The van der Waals surface area contributed by atoms with Crippen LogP contribution in [0.4, 0.5) is 0 Å². The molecule has 6 heteroatoms. The standard InChI is InChI=1S/C12H12N4O2/c17-11(10-13-12(18)15-14-10)16-6-5-8-3-1-2-4-9(8)7-16/h1-4H,5-7H2,(H2,13,14,15,18). The first-order chi connectivity index (χ1) is 8.74. The highest BCUT2D eigenvalue weighted by molar-refractivity contribution is 5.90. The zero-order valence-electron chi connectivity index (χ0n) is 9.64. The van der Waals surface area contributed by atoms with Gasteiger partial charge in [0, 0.05) is 13.1 Å². The Morgan fingerprint density at radius 1 is 1.28 bits per heavy atom. The lowest BCUT2D eigenvalue weighted by Gasteiger charge is -2.27. The van der Waals surface area contributed by atoms with Crippen LogP contribution in [0.25, 0.3) is 0 Å². The van der Waals surface area contributed by atoms with Crippen molar-refractivity contribution in [1.29, 1.82) is 0 Å². The SMILES string of the molecule is O=C(c1n[nH]c(=O)[nH]1)N1CCc2ccccc2C1. The summed E-state index contributed by atoms with van der Waals surface area (Å²) in [5, 5.41) is 5.86. The lowest BCUT2D eigenvalue weighted by atomic mass is 10.00. The van der Waals surface area contributed by atoms with Gasteiger partial charge in [-0.25, -0.2) is 9.89 Å². The molecule has 92 valence electrons. The Morgan fingerprint density at radius 3 is 2.78 bits per heavy atom. The summed E-state index contributed by atoms with van der Waals surface area (Å²) in [5.41, 5.74) is 1.96. The minimum Gasteiger partial charge on any atom is -0.331 e. The van der Waals surface area contributed by atoms with Crippen LogP contribution >= 0.6 is 0 Å². The van der Waals surface area contributed by atoms with E-state index in [1.807, 2.05) is 18.2 Å². The molecule has 0 aliphatic carbocycles. The molecule has 3 rings (SSSR count). The molecule has 2 aromatic rings. The van der Waals surface area contributed by atoms with Crippen molar-refractivity contribution in [3.8, 4) is 0 Å². The number of nitrogens with zero attached hydrogens (tertiary/aromatic N) is 2. The van der Waals surface area contributed by atoms with Crippen molar-refractivity contribution >= 4 is 5.91 Å². The zero-order valence-corrected chi connectivity index (χ0v) is 9.64. The van der Waals surface area contributed by atoms with Crippen molar-refractivity contribution in [2.24, 2.45) is 0 Å². The lowest BCUT2D eigenvalue weighted by molar-refractivity contribution is 0.0722. The van der Waals surface area contributed by atoms with E-state index < -0.39 is 5.69 Å². The number of hydrogen-bond acceptors (Lipinski definition) is 3. The normalized spacial score (nSPS) is 14.3. The maximum Gasteiger partial charge on any atom is 0.341 e. The molecule has 1 aromatic heterocycles. The molecule has 1 aromatic carbocycles. The van der Waals surface area contributed by atoms with Crippen LogP contribution in [0.1, 0.15) is 21.7 Å². The van der Waals surface area contributed by atoms with Crippen LogP contribution < -0.4 is 5.69 Å². The molecule has 6 nitrogen and oxygen atoms in total. The molecule has 0 spiro atoms. The summed E-state index contributed by atoms with van der Waals surface area (Å²) in [4.78, 5) is 27.1. The fourth-order valence-electron chi connectivity index (χ4n) is 2.19. The first kappa shape index (κ1) is 10.8. The van der Waals surface area contributed by atoms with Gasteiger partial charge in [0.2, 0.25) is 5.82 Å². The van der Waals surface area contributed by atoms with Gasteiger partial charge < -0.3 is 4.90 Å². The number of hydrogen-bond donors (Lipinski definition) is 2. The fourth-order valence-corrected chi connectivity index (χ4v) is 2.19. The average Bonchev–Trinajstić information content (AvgIpc) is 2.84. The molecule has 2 heterocycles. The summed E-state index contributed by atoms with van der Waals surface area (Å²) in [6, 6.07) is 8.06. The zero-order chi connectivity index (χ0) is 12.5. The highest BCUT2D eigenvalue weighted by Gasteiger charge is 2.23. The summed E-state index contributed by atoms with van der Waals surface area (Å²) < 4.78 is 0. The number of carbonyl (C=O) groups is 1. The summed E-state index contributed by atoms with van der Waals surface area (Å²) in [6.07, 6.45) is 0.830. The van der Waals surface area contributed by atoms with Gasteiger partial charge in [-0.05, 0) is 17.5 Å². The molecule has 1 aliphatic rings. The van der Waals surface area contributed by atoms with E-state index in [0.29, 0.717) is 13.1 Å². The molecule has 0 fully saturated rings. The van der Waals surface area contributed by atoms with Crippen LogP contribution in [0.15, 0.2) is 29.1 Å². The van der Waals surface area contributed by atoms with Crippen molar-refractivity contribution in [2.45, 2.75) is 13.0 Å². The number of rotatable bonds is 1. The second-order valence-electron chi connectivity index (χ2n) is 4.27. The topological polar surface area (TPSA) is 81.8 Å². The average molecular weight is 244 g/mol. The van der Waals surface area contributed by atoms with Gasteiger partial charge in [0.1, 0.15) is 0 Å². The number of benzene rings is 1. The molecule has 0 bridgehead atoms. The van der Waals surface area contributed by atoms with E-state index in [1.54, 1.807) is 4.90 Å². The number of H-pyrrole nitrogens is 2. The van der Waals surface area contributed by atoms with Gasteiger partial charge >= 0.3 is 5.69 Å². The number of nitrogens with one attached hydrogen (secondary N) is 2. The monoisotopic (exact) mass is 244 g/mol. The van der Waals surface area contributed by atoms with Crippen molar-refractivity contribution in [2.75, 3.05) is 6.54 Å². The number of aromatic amines is 2. The van der Waals surface area contributed by atoms with Gasteiger partial charge in [0.25, 0.3) is 5.91 Å². The Kier molecular flexibility index (Phi) is 2.47. The summed E-state index contributed by atoms with van der Waals surface area (Å²) >= 11 is 0. The van der Waals surface area contributed by atoms with Crippen LogP contribution in [-0.4, -0.2) is 32.5 Å². The molecule has 2 N–H and O–H groups in total. The van der Waals surface area contributed by atoms with Crippen molar-refractivity contribution < 1.29 is 4.79 Å². The highest BCUT2D eigenvalue weighted by Crippen LogP contribution is 2.19. The molecular formula is C12H12N4O2. The molecule has 0 atom stereocenters. The Bertz CT molecular complexity index is 643. The summed E-state index contributed by atoms with van der Waals surface area (Å²) in [5.74, 6) is -0.178. The Labute approximate surface area is 103 Å². The number of aromatic nitrogens is 3. The third kappa shape index (κ3) is 1.81. The second-order valence-corrected chi connectivity index (χ2v) is 4.27. The molecule has 0 saturated heterocycles. The van der Waals surface area contributed by atoms with E-state index in [2.05, 4.69) is 21.2 Å². The number of amides is 1. The molecule has 18 heavy (non-hydrogen) atoms. The third-order valence-corrected chi connectivity index (χ3v) is 3.12. The molecule has 0 unspecified atom stereocenters. The highest BCUT2D eigenvalue weighted by atomic mass is 16.2. The Balaban J connectivity index is 1.84. The van der Waals surface area contributed by atoms with E-state index in [-0.39, 0.29) is 11.7 Å². The molecule has 0 saturated carbocycles. The Morgan fingerprint density at radius 2 is 2.06 bits per heavy atom. The van der Waals surface area contributed by atoms with Gasteiger partial charge in [-0.3, -0.25) is 9.78 Å². The minimum atomic E-state index is -0.462. The van der Waals surface area contributed by atoms with Crippen LogP contribution in [0, 0.1) is 0 Å². The second kappa shape index (κ2) is 4.14. The molecular weight excluding hydrogens is 232 g/mol. The smallest absolute Gasteiger partial charge is 0.331 e. The molecule has 0 radical (unpaired) electrons. The van der Waals surface area contributed by atoms with Crippen LogP contribution in [-0.2, 0) is 13.0 Å². The maximum absolute atomic E-state index is 12.1. The van der Waals surface area contributed by atoms with Gasteiger partial charge in [-0.2, -0.15) is 0 Å². The number of fused-ring (bicyclic) bond motifs is 1. The van der Waals surface area contributed by atoms with Crippen molar-refractivity contribution in [1.82, 2.24) is 20.1 Å². The van der Waals surface area contributed by atoms with E-state index in [9.17, 15) is 9.59 Å². The van der Waals surface area contributed by atoms with Crippen LogP contribution in [0.3, 0.4) is 0 Å². The first-order valence-corrected chi connectivity index (χ1v) is 5.75. The maximum atomic E-state index is 12.1. The Hall–Kier alpha value is -2.37. The lowest BCUT2D eigenvalue weighted by Crippen LogP contribution is -2.36. The van der Waals surface area contributed by atoms with Crippen LogP contribution in [0.5, 0.6) is 0 Å². The minimum absolute atomic E-state index is 0.0689. The van der Waals surface area contributed by atoms with Gasteiger partial charge in [0.05, 0.1) is 0 Å². The number of carbonyl (C=O) groups excluding carboxylic acids is 1. The third-order valence-electron chi connectivity index (χ3n) is 3.12. The predicted molar refractivity (Wildman–Crippen MR) is 64.1 cm³/mol. The molecule has 1 amide bonds. The van der Waals surface area contributed by atoms with E-state index in [4.69, 9.17) is 0 Å². The van der Waals surface area contributed by atoms with Crippen LogP contribution in [0.2, 0.25) is 0 Å². The van der Waals surface area contributed by atoms with E-state index in [1.165, 1.54) is 5.56 Å². The first-order valence-electron chi connectivity index (χ1n) is 5.75. The van der Waals surface area contributed by atoms with Crippen molar-refractivity contribution in [3.63, 3.8) is 0 Å². The fraction of sp³-hybridized carbons (Fsp3) is 0.250. The predicted octanol–water partition coefficient (Wildman–Crippen LogP) is 0.296. The summed E-state index contributed by atoms with van der Waals surface area (Å²) in [7, 11) is 0. The summed E-state index contributed by atoms with van der Waals surface area (Å²) in [6.45, 7) is 1.20. The van der Waals surface area contributed by atoms with Gasteiger partial charge in [0.15, 0.2) is 0 Å². The van der Waals surface area contributed by atoms with E-state index >= 15 is 0 Å². The quantitative estimate of drug-likeness (QED) is 0.756. The van der Waals surface area contributed by atoms with Gasteiger partial charge in [-0.1, -0.05) is 24.3 Å². The van der Waals surface area contributed by atoms with E-state index in [0.717, 1.165) is 12.0 Å². The van der Waals surface area contributed by atoms with Gasteiger partial charge in [-0.15, -0.1) is 5.10 Å². The van der Waals surface area contributed by atoms with Crippen molar-refractivity contribution in [3.05, 3.63) is 51.7 Å². The largest absolute Gasteiger partial charge is 0.341 e. The molecule has 1 aliphatic heterocycles.